The number of pyridine rings is 1. The number of aryl methyl sites for hydroxylation is 3. The summed E-state index contributed by atoms with van der Waals surface area (Å²) in [7, 11) is 2.19. The highest BCUT2D eigenvalue weighted by molar-refractivity contribution is 6.12. The van der Waals surface area contributed by atoms with Crippen LogP contribution in [0.25, 0.3) is 43.8 Å². The first-order valence-electron chi connectivity index (χ1n) is 12.4. The fourth-order valence-corrected chi connectivity index (χ4v) is 5.70. The molecule has 174 valence electrons. The Balaban J connectivity index is 1.80. The lowest BCUT2D eigenvalue weighted by atomic mass is 9.88. The third-order valence-electron chi connectivity index (χ3n) is 7.02. The molecule has 0 fully saturated rings. The van der Waals surface area contributed by atoms with Gasteiger partial charge in [-0.15, -0.1) is 0 Å². The molecule has 0 bridgehead atoms. The van der Waals surface area contributed by atoms with Gasteiger partial charge >= 0.3 is 0 Å². The third-order valence-corrected chi connectivity index (χ3v) is 7.02. The zero-order valence-corrected chi connectivity index (χ0v) is 21.9. The van der Waals surface area contributed by atoms with Crippen LogP contribution in [0, 0.1) is 19.3 Å². The standard InChI is InChI=1S/C32H36N2/c1-19(2)27-17-24(16-23-14-20(3)13-21(4)29(23)27)30-31-26(11-12-33-30)25-10-9-22(18-32(5,6)7)15-28(25)34(31)8/h9-17,19H,18H2,1-8H3. The van der Waals surface area contributed by atoms with Gasteiger partial charge < -0.3 is 4.57 Å². The van der Waals surface area contributed by atoms with Crippen LogP contribution in [-0.4, -0.2) is 9.55 Å². The molecule has 5 aromatic rings. The van der Waals surface area contributed by atoms with Crippen molar-refractivity contribution in [2.75, 3.05) is 0 Å². The second-order valence-electron chi connectivity index (χ2n) is 11.6. The molecule has 0 aliphatic heterocycles. The van der Waals surface area contributed by atoms with E-state index >= 15 is 0 Å². The average molecular weight is 449 g/mol. The van der Waals surface area contributed by atoms with E-state index in [-0.39, 0.29) is 5.41 Å². The van der Waals surface area contributed by atoms with Crippen LogP contribution in [0.15, 0.2) is 54.7 Å². The van der Waals surface area contributed by atoms with E-state index in [9.17, 15) is 0 Å². The molecule has 0 N–H and O–H groups in total. The number of fused-ring (bicyclic) bond motifs is 4. The number of aromatic nitrogens is 2. The number of benzene rings is 3. The first-order valence-corrected chi connectivity index (χ1v) is 12.4. The van der Waals surface area contributed by atoms with Crippen molar-refractivity contribution in [1.29, 1.82) is 0 Å². The summed E-state index contributed by atoms with van der Waals surface area (Å²) >= 11 is 0. The van der Waals surface area contributed by atoms with E-state index in [1.165, 1.54) is 60.4 Å². The van der Waals surface area contributed by atoms with Crippen molar-refractivity contribution >= 4 is 32.6 Å². The van der Waals surface area contributed by atoms with E-state index in [0.717, 1.165) is 12.1 Å². The highest BCUT2D eigenvalue weighted by Gasteiger charge is 2.18. The summed E-state index contributed by atoms with van der Waals surface area (Å²) in [5.41, 5.74) is 10.5. The fraction of sp³-hybridized carbons (Fsp3) is 0.344. The van der Waals surface area contributed by atoms with Crippen LogP contribution in [0.2, 0.25) is 0 Å². The maximum absolute atomic E-state index is 4.95. The second kappa shape index (κ2) is 7.98. The molecule has 0 saturated carbocycles. The maximum Gasteiger partial charge on any atom is 0.0945 e. The molecule has 2 heteroatoms. The van der Waals surface area contributed by atoms with Crippen molar-refractivity contribution in [1.82, 2.24) is 9.55 Å². The van der Waals surface area contributed by atoms with E-state index in [4.69, 9.17) is 4.98 Å². The van der Waals surface area contributed by atoms with E-state index in [1.807, 2.05) is 6.20 Å². The Labute approximate surface area is 203 Å². The van der Waals surface area contributed by atoms with Gasteiger partial charge in [-0.3, -0.25) is 4.98 Å². The van der Waals surface area contributed by atoms with Gasteiger partial charge in [0.1, 0.15) is 0 Å². The van der Waals surface area contributed by atoms with Crippen LogP contribution in [0.5, 0.6) is 0 Å². The third kappa shape index (κ3) is 3.79. The van der Waals surface area contributed by atoms with Crippen LogP contribution < -0.4 is 0 Å². The molecule has 0 amide bonds. The Bertz CT molecular complexity index is 1560. The molecule has 3 aromatic carbocycles. The van der Waals surface area contributed by atoms with Gasteiger partial charge in [-0.05, 0) is 83.3 Å². The fourth-order valence-electron chi connectivity index (χ4n) is 5.70. The first kappa shape index (κ1) is 22.7. The Morgan fingerprint density at radius 2 is 1.68 bits per heavy atom. The largest absolute Gasteiger partial charge is 0.342 e. The minimum absolute atomic E-state index is 0.263. The van der Waals surface area contributed by atoms with Crippen LogP contribution in [-0.2, 0) is 13.5 Å². The van der Waals surface area contributed by atoms with Crippen molar-refractivity contribution in [3.8, 4) is 11.3 Å². The molecular weight excluding hydrogens is 412 g/mol. The molecule has 0 aliphatic rings. The summed E-state index contributed by atoms with van der Waals surface area (Å²) in [5, 5.41) is 5.27. The lowest BCUT2D eigenvalue weighted by Crippen LogP contribution is -2.09. The molecule has 2 heterocycles. The summed E-state index contributed by atoms with van der Waals surface area (Å²) in [5.74, 6) is 0.440. The molecule has 34 heavy (non-hydrogen) atoms. The van der Waals surface area contributed by atoms with Crippen LogP contribution in [0.3, 0.4) is 0 Å². The van der Waals surface area contributed by atoms with Crippen molar-refractivity contribution in [3.05, 3.63) is 77.0 Å². The smallest absolute Gasteiger partial charge is 0.0945 e. The lowest BCUT2D eigenvalue weighted by Gasteiger charge is -2.18. The van der Waals surface area contributed by atoms with Crippen LogP contribution in [0.1, 0.15) is 62.8 Å². The minimum atomic E-state index is 0.263. The zero-order chi connectivity index (χ0) is 24.4. The van der Waals surface area contributed by atoms with Crippen molar-refractivity contribution in [2.24, 2.45) is 12.5 Å². The summed E-state index contributed by atoms with van der Waals surface area (Å²) in [6.45, 7) is 15.9. The van der Waals surface area contributed by atoms with Crippen molar-refractivity contribution in [3.63, 3.8) is 0 Å². The predicted octanol–water partition coefficient (Wildman–Crippen LogP) is 8.88. The number of nitrogens with zero attached hydrogens (tertiary/aromatic N) is 2. The maximum atomic E-state index is 4.95. The Morgan fingerprint density at radius 1 is 0.912 bits per heavy atom. The van der Waals surface area contributed by atoms with E-state index < -0.39 is 0 Å². The molecule has 2 nitrogen and oxygen atoms in total. The lowest BCUT2D eigenvalue weighted by molar-refractivity contribution is 0.411. The number of hydrogen-bond donors (Lipinski definition) is 0. The SMILES string of the molecule is Cc1cc(C)c2c(C(C)C)cc(-c3nccc4c5ccc(CC(C)(C)C)cc5n(C)c34)cc2c1. The monoisotopic (exact) mass is 448 g/mol. The predicted molar refractivity (Wildman–Crippen MR) is 148 cm³/mol. The molecule has 0 aliphatic carbocycles. The zero-order valence-electron chi connectivity index (χ0n) is 21.9. The minimum Gasteiger partial charge on any atom is -0.342 e. The average Bonchev–Trinajstić information content (AvgIpc) is 3.03. The second-order valence-corrected chi connectivity index (χ2v) is 11.6. The van der Waals surface area contributed by atoms with Gasteiger partial charge in [0.15, 0.2) is 0 Å². The summed E-state index contributed by atoms with van der Waals surface area (Å²) < 4.78 is 2.35. The van der Waals surface area contributed by atoms with Gasteiger partial charge in [0.2, 0.25) is 0 Å². The summed E-state index contributed by atoms with van der Waals surface area (Å²) in [6.07, 6.45) is 3.04. The molecule has 0 atom stereocenters. The van der Waals surface area contributed by atoms with Crippen molar-refractivity contribution in [2.45, 2.75) is 60.8 Å². The normalized spacial score (nSPS) is 12.5. The van der Waals surface area contributed by atoms with Crippen LogP contribution in [0.4, 0.5) is 0 Å². The molecule has 2 aromatic heterocycles. The van der Waals surface area contributed by atoms with Gasteiger partial charge in [-0.2, -0.15) is 0 Å². The molecule has 0 spiro atoms. The van der Waals surface area contributed by atoms with Crippen LogP contribution >= 0.6 is 0 Å². The highest BCUT2D eigenvalue weighted by atomic mass is 15.0. The first-order chi connectivity index (χ1) is 16.0. The van der Waals surface area contributed by atoms with Gasteiger partial charge in [-0.25, -0.2) is 0 Å². The molecule has 0 saturated heterocycles. The Hall–Kier alpha value is -3.13. The van der Waals surface area contributed by atoms with Gasteiger partial charge in [0.25, 0.3) is 0 Å². The summed E-state index contributed by atoms with van der Waals surface area (Å²) in [4.78, 5) is 4.95. The number of rotatable bonds is 3. The molecular formula is C32H36N2. The molecule has 5 rings (SSSR count). The Kier molecular flexibility index (Phi) is 5.31. The van der Waals surface area contributed by atoms with E-state index in [0.29, 0.717) is 5.92 Å². The topological polar surface area (TPSA) is 17.8 Å². The van der Waals surface area contributed by atoms with Crippen molar-refractivity contribution < 1.29 is 0 Å². The number of hydrogen-bond acceptors (Lipinski definition) is 1. The molecule has 0 unspecified atom stereocenters. The van der Waals surface area contributed by atoms with Gasteiger partial charge in [-0.1, -0.05) is 64.4 Å². The quantitative estimate of drug-likeness (QED) is 0.269. The van der Waals surface area contributed by atoms with E-state index in [2.05, 4.69) is 109 Å². The van der Waals surface area contributed by atoms with Gasteiger partial charge in [0.05, 0.1) is 11.2 Å². The van der Waals surface area contributed by atoms with Gasteiger partial charge in [0, 0.05) is 35.1 Å². The Morgan fingerprint density at radius 3 is 2.38 bits per heavy atom. The highest BCUT2D eigenvalue weighted by Crippen LogP contribution is 2.38. The summed E-state index contributed by atoms with van der Waals surface area (Å²) in [6, 6.07) is 18.5. The molecule has 0 radical (unpaired) electrons. The van der Waals surface area contributed by atoms with E-state index in [1.54, 1.807) is 0 Å².